The molecule has 1 aliphatic heterocycles. The largest absolute Gasteiger partial charge is 0.395 e. The molecule has 0 spiro atoms. The highest BCUT2D eigenvalue weighted by Crippen LogP contribution is 2.24. The smallest absolute Gasteiger partial charge is 0.273 e. The fraction of sp³-hybridized carbons (Fsp3) is 0.412. The number of pyridine rings is 1. The molecule has 8 nitrogen and oxygen atoms in total. The van der Waals surface area contributed by atoms with Crippen LogP contribution in [0, 0.1) is 0 Å². The second kappa shape index (κ2) is 8.13. The second-order valence-corrected chi connectivity index (χ2v) is 6.77. The molecule has 3 heterocycles. The third-order valence-corrected chi connectivity index (χ3v) is 5.06. The molecule has 0 bridgehead atoms. The maximum Gasteiger partial charge on any atom is 0.273 e. The summed E-state index contributed by atoms with van der Waals surface area (Å²) >= 11 is 0.984. The quantitative estimate of drug-likeness (QED) is 0.815. The van der Waals surface area contributed by atoms with Crippen LogP contribution < -0.4 is 16.0 Å². The maximum atomic E-state index is 12.8. The van der Waals surface area contributed by atoms with Gasteiger partial charge < -0.3 is 20.9 Å². The molecule has 0 radical (unpaired) electrons. The van der Waals surface area contributed by atoms with Gasteiger partial charge in [-0.1, -0.05) is 13.0 Å². The van der Waals surface area contributed by atoms with Crippen LogP contribution in [0.15, 0.2) is 24.4 Å². The molecule has 3 rings (SSSR count). The summed E-state index contributed by atoms with van der Waals surface area (Å²) in [6.07, 6.45) is 2.58. The van der Waals surface area contributed by atoms with Gasteiger partial charge in [0.15, 0.2) is 5.69 Å². The Labute approximate surface area is 156 Å². The number of nitrogens with one attached hydrogen (secondary N) is 1. The number of nitrogen functional groups attached to an aromatic ring is 1. The number of rotatable bonds is 5. The van der Waals surface area contributed by atoms with Crippen molar-refractivity contribution in [3.05, 3.63) is 35.0 Å². The van der Waals surface area contributed by atoms with E-state index in [1.165, 1.54) is 0 Å². The minimum Gasteiger partial charge on any atom is -0.395 e. The highest BCUT2D eigenvalue weighted by molar-refractivity contribution is 7.09. The number of amides is 2. The predicted octanol–water partition coefficient (Wildman–Crippen LogP) is 1.22. The molecule has 0 unspecified atom stereocenters. The molecule has 0 aliphatic carbocycles. The zero-order valence-corrected chi connectivity index (χ0v) is 15.5. The molecular formula is C17H22N6O2S. The van der Waals surface area contributed by atoms with Crippen molar-refractivity contribution in [3.63, 3.8) is 0 Å². The number of carbonyl (C=O) groups excluding carboxylic acids is 2. The molecule has 1 aliphatic rings. The van der Waals surface area contributed by atoms with E-state index in [2.05, 4.69) is 19.6 Å². The fourth-order valence-electron chi connectivity index (χ4n) is 2.76. The Morgan fingerprint density at radius 1 is 1.27 bits per heavy atom. The molecule has 0 saturated carbocycles. The van der Waals surface area contributed by atoms with Crippen molar-refractivity contribution in [2.24, 2.45) is 0 Å². The number of aromatic nitrogens is 2. The first-order valence-electron chi connectivity index (χ1n) is 8.60. The molecule has 2 amide bonds. The summed E-state index contributed by atoms with van der Waals surface area (Å²) in [4.78, 5) is 33.4. The van der Waals surface area contributed by atoms with Crippen LogP contribution in [0.2, 0.25) is 0 Å². The van der Waals surface area contributed by atoms with E-state index in [0.29, 0.717) is 37.6 Å². The molecule has 1 fully saturated rings. The van der Waals surface area contributed by atoms with Crippen LogP contribution in [0.25, 0.3) is 0 Å². The third-order valence-electron chi connectivity index (χ3n) is 4.21. The van der Waals surface area contributed by atoms with Crippen LogP contribution in [0.4, 0.5) is 11.5 Å². The third kappa shape index (κ3) is 3.77. The van der Waals surface area contributed by atoms with Gasteiger partial charge >= 0.3 is 0 Å². The van der Waals surface area contributed by atoms with Gasteiger partial charge in [-0.25, -0.2) is 4.98 Å². The normalized spacial score (nSPS) is 14.3. The average molecular weight is 374 g/mol. The van der Waals surface area contributed by atoms with E-state index in [1.807, 2.05) is 25.1 Å². The molecule has 2 aromatic heterocycles. The Balaban J connectivity index is 1.64. The zero-order valence-electron chi connectivity index (χ0n) is 14.6. The predicted molar refractivity (Wildman–Crippen MR) is 102 cm³/mol. The summed E-state index contributed by atoms with van der Waals surface area (Å²) in [7, 11) is 0. The monoisotopic (exact) mass is 374 g/mol. The second-order valence-electron chi connectivity index (χ2n) is 6.00. The Bertz CT molecular complexity index is 771. The van der Waals surface area contributed by atoms with Crippen LogP contribution in [0.1, 0.15) is 33.5 Å². The topological polar surface area (TPSA) is 104 Å². The van der Waals surface area contributed by atoms with Crippen LogP contribution in [0.3, 0.4) is 0 Å². The Hall–Kier alpha value is -2.68. The van der Waals surface area contributed by atoms with Crippen LogP contribution >= 0.6 is 11.5 Å². The Morgan fingerprint density at radius 3 is 2.69 bits per heavy atom. The Morgan fingerprint density at radius 2 is 2.04 bits per heavy atom. The zero-order chi connectivity index (χ0) is 18.5. The fourth-order valence-corrected chi connectivity index (χ4v) is 3.53. The number of carbonyl (C=O) groups is 2. The lowest BCUT2D eigenvalue weighted by molar-refractivity contribution is 0.0752. The summed E-state index contributed by atoms with van der Waals surface area (Å²) in [5.74, 6) is 0.404. The number of piperazine rings is 1. The summed E-state index contributed by atoms with van der Waals surface area (Å²) in [6, 6.07) is 5.78. The van der Waals surface area contributed by atoms with Gasteiger partial charge in [-0.3, -0.25) is 9.59 Å². The lowest BCUT2D eigenvalue weighted by atomic mass is 10.2. The van der Waals surface area contributed by atoms with Crippen molar-refractivity contribution in [1.29, 1.82) is 0 Å². The van der Waals surface area contributed by atoms with Gasteiger partial charge in [0.05, 0.1) is 5.69 Å². The van der Waals surface area contributed by atoms with Crippen molar-refractivity contribution in [1.82, 2.24) is 19.6 Å². The highest BCUT2D eigenvalue weighted by Gasteiger charge is 2.28. The summed E-state index contributed by atoms with van der Waals surface area (Å²) in [5, 5.41) is 2.73. The van der Waals surface area contributed by atoms with Gasteiger partial charge in [0.2, 0.25) is 0 Å². The standard InChI is InChI=1S/C17H22N6O2S/c1-2-6-20-16(24)14-13(18)15(26-21-14)17(25)23-10-8-22(9-11-23)12-5-3-4-7-19-12/h3-5,7H,2,6,8-11,18H2,1H3,(H,20,24). The van der Waals surface area contributed by atoms with Gasteiger partial charge in [0.1, 0.15) is 10.7 Å². The molecule has 1 saturated heterocycles. The lowest BCUT2D eigenvalue weighted by Gasteiger charge is -2.35. The molecule has 3 N–H and O–H groups in total. The number of nitrogens with two attached hydrogens (primary N) is 1. The summed E-state index contributed by atoms with van der Waals surface area (Å²) < 4.78 is 4.08. The summed E-state index contributed by atoms with van der Waals surface area (Å²) in [6.45, 7) is 5.06. The Kier molecular flexibility index (Phi) is 5.67. The van der Waals surface area contributed by atoms with Gasteiger partial charge in [0.25, 0.3) is 11.8 Å². The van der Waals surface area contributed by atoms with E-state index in [9.17, 15) is 9.59 Å². The van der Waals surface area contributed by atoms with Crippen molar-refractivity contribution >= 4 is 34.9 Å². The van der Waals surface area contributed by atoms with Gasteiger partial charge in [-0.15, -0.1) is 0 Å². The van der Waals surface area contributed by atoms with E-state index in [-0.39, 0.29) is 23.2 Å². The first-order valence-corrected chi connectivity index (χ1v) is 9.37. The van der Waals surface area contributed by atoms with E-state index < -0.39 is 0 Å². The number of nitrogens with zero attached hydrogens (tertiary/aromatic N) is 4. The van der Waals surface area contributed by atoms with E-state index in [0.717, 1.165) is 23.8 Å². The van der Waals surface area contributed by atoms with Crippen molar-refractivity contribution in [3.8, 4) is 0 Å². The molecule has 26 heavy (non-hydrogen) atoms. The molecule has 138 valence electrons. The first kappa shape index (κ1) is 18.1. The first-order chi connectivity index (χ1) is 12.6. The SMILES string of the molecule is CCCNC(=O)c1nsc(C(=O)N2CCN(c3ccccn3)CC2)c1N. The number of hydrogen-bond donors (Lipinski definition) is 2. The number of anilines is 2. The van der Waals surface area contributed by atoms with E-state index in [4.69, 9.17) is 5.73 Å². The lowest BCUT2D eigenvalue weighted by Crippen LogP contribution is -2.49. The molecular weight excluding hydrogens is 352 g/mol. The van der Waals surface area contributed by atoms with Crippen LogP contribution in [-0.2, 0) is 0 Å². The molecule has 0 atom stereocenters. The number of hydrogen-bond acceptors (Lipinski definition) is 7. The minimum atomic E-state index is -0.334. The van der Waals surface area contributed by atoms with Gasteiger partial charge in [0, 0.05) is 38.9 Å². The summed E-state index contributed by atoms with van der Waals surface area (Å²) in [5.41, 5.74) is 6.33. The molecule has 0 aromatic carbocycles. The maximum absolute atomic E-state index is 12.8. The van der Waals surface area contributed by atoms with Crippen molar-refractivity contribution < 1.29 is 9.59 Å². The van der Waals surface area contributed by atoms with E-state index in [1.54, 1.807) is 11.1 Å². The minimum absolute atomic E-state index is 0.138. The van der Waals surface area contributed by atoms with Crippen LogP contribution in [0.5, 0.6) is 0 Å². The molecule has 2 aromatic rings. The van der Waals surface area contributed by atoms with E-state index >= 15 is 0 Å². The van der Waals surface area contributed by atoms with Crippen molar-refractivity contribution in [2.75, 3.05) is 43.4 Å². The highest BCUT2D eigenvalue weighted by atomic mass is 32.1. The van der Waals surface area contributed by atoms with Crippen LogP contribution in [-0.4, -0.2) is 58.8 Å². The average Bonchev–Trinajstić information content (AvgIpc) is 3.08. The van der Waals surface area contributed by atoms with Gasteiger partial charge in [-0.2, -0.15) is 4.37 Å². The molecule has 9 heteroatoms. The van der Waals surface area contributed by atoms with Crippen molar-refractivity contribution in [2.45, 2.75) is 13.3 Å². The van der Waals surface area contributed by atoms with Gasteiger partial charge in [-0.05, 0) is 30.1 Å².